The van der Waals surface area contributed by atoms with Gasteiger partial charge in [-0.05, 0) is 36.8 Å². The Balaban J connectivity index is 1.67. The van der Waals surface area contributed by atoms with Crippen molar-refractivity contribution in [2.24, 2.45) is 0 Å². The van der Waals surface area contributed by atoms with Crippen LogP contribution in [-0.4, -0.2) is 31.7 Å². The van der Waals surface area contributed by atoms with Crippen LogP contribution in [0, 0.1) is 5.82 Å². The van der Waals surface area contributed by atoms with Crippen LogP contribution in [0.25, 0.3) is 27.8 Å². The lowest BCUT2D eigenvalue weighted by Gasteiger charge is -2.20. The highest BCUT2D eigenvalue weighted by molar-refractivity contribution is 7.07. The van der Waals surface area contributed by atoms with Gasteiger partial charge < -0.3 is 4.74 Å². The number of aromatic nitrogens is 5. The van der Waals surface area contributed by atoms with E-state index in [4.69, 9.17) is 4.74 Å². The Morgan fingerprint density at radius 3 is 2.77 bits per heavy atom. The van der Waals surface area contributed by atoms with Crippen LogP contribution in [0.15, 0.2) is 53.6 Å². The predicted octanol–water partition coefficient (Wildman–Crippen LogP) is 4.78. The topological polar surface area (TPSA) is 65.2 Å². The molecule has 150 valence electrons. The molecule has 0 aliphatic rings. The zero-order valence-corrected chi connectivity index (χ0v) is 16.8. The molecule has 0 saturated carbocycles. The Hall–Kier alpha value is -3.46. The minimum atomic E-state index is -2.04. The lowest BCUT2D eigenvalue weighted by atomic mass is 9.95. The molecule has 30 heavy (non-hydrogen) atoms. The molecular weight excluding hydrogens is 408 g/mol. The second-order valence-electron chi connectivity index (χ2n) is 6.95. The van der Waals surface area contributed by atoms with Crippen molar-refractivity contribution in [3.05, 3.63) is 70.8 Å². The maximum Gasteiger partial charge on any atom is 0.197 e. The number of halogens is 2. The zero-order chi connectivity index (χ0) is 20.9. The second-order valence-corrected chi connectivity index (χ2v) is 7.67. The number of nitrogens with zero attached hydrogens (tertiary/aromatic N) is 5. The SMILES string of the molecule is COc1cnc2ccc(C(C)(F)c3nnc4c(F)cc(-c5cscn5)cn34)cc2c1. The van der Waals surface area contributed by atoms with E-state index >= 15 is 4.39 Å². The van der Waals surface area contributed by atoms with Crippen molar-refractivity contribution < 1.29 is 13.5 Å². The molecule has 0 spiro atoms. The van der Waals surface area contributed by atoms with E-state index in [0.717, 1.165) is 5.39 Å². The number of fused-ring (bicyclic) bond motifs is 2. The summed E-state index contributed by atoms with van der Waals surface area (Å²) in [7, 11) is 1.54. The Bertz CT molecular complexity index is 1380. The molecule has 0 bridgehead atoms. The fourth-order valence-corrected chi connectivity index (χ4v) is 3.97. The highest BCUT2D eigenvalue weighted by atomic mass is 32.1. The first-order valence-corrected chi connectivity index (χ1v) is 9.98. The van der Waals surface area contributed by atoms with Crippen LogP contribution < -0.4 is 4.74 Å². The standard InChI is InChI=1S/C21H15F2N5OS/c1-21(23,14-3-4-17-12(5-14)6-15(29-2)8-24-17)20-27-26-19-16(22)7-13(9-28(19)20)18-10-30-11-25-18/h3-11H,1-2H3. The number of hydrogen-bond donors (Lipinski definition) is 0. The molecule has 0 N–H and O–H groups in total. The van der Waals surface area contributed by atoms with Gasteiger partial charge in [0, 0.05) is 22.5 Å². The average Bonchev–Trinajstić information content (AvgIpc) is 3.43. The molecule has 0 aliphatic heterocycles. The third kappa shape index (κ3) is 2.89. The van der Waals surface area contributed by atoms with E-state index in [2.05, 4.69) is 20.2 Å². The van der Waals surface area contributed by atoms with E-state index in [1.54, 1.807) is 54.7 Å². The second kappa shape index (κ2) is 6.81. The van der Waals surface area contributed by atoms with Crippen LogP contribution in [0.4, 0.5) is 8.78 Å². The van der Waals surface area contributed by atoms with Gasteiger partial charge in [-0.1, -0.05) is 6.07 Å². The fraction of sp³-hybridized carbons (Fsp3) is 0.143. The first kappa shape index (κ1) is 18.6. The van der Waals surface area contributed by atoms with Crippen molar-refractivity contribution in [2.45, 2.75) is 12.6 Å². The first-order valence-electron chi connectivity index (χ1n) is 9.04. The van der Waals surface area contributed by atoms with Gasteiger partial charge in [0.25, 0.3) is 0 Å². The molecule has 6 nitrogen and oxygen atoms in total. The van der Waals surface area contributed by atoms with Gasteiger partial charge in [0.2, 0.25) is 0 Å². The largest absolute Gasteiger partial charge is 0.495 e. The molecule has 4 aromatic heterocycles. The van der Waals surface area contributed by atoms with E-state index < -0.39 is 11.5 Å². The summed E-state index contributed by atoms with van der Waals surface area (Å²) in [5.74, 6) is -0.0469. The Morgan fingerprint density at radius 1 is 1.13 bits per heavy atom. The lowest BCUT2D eigenvalue weighted by molar-refractivity contribution is 0.234. The first-order chi connectivity index (χ1) is 14.5. The summed E-state index contributed by atoms with van der Waals surface area (Å²) < 4.78 is 37.3. The van der Waals surface area contributed by atoms with Gasteiger partial charge in [0.1, 0.15) is 5.75 Å². The Labute approximate surface area is 173 Å². The smallest absolute Gasteiger partial charge is 0.197 e. The van der Waals surface area contributed by atoms with E-state index in [1.807, 2.05) is 0 Å². The van der Waals surface area contributed by atoms with E-state index in [-0.39, 0.29) is 11.5 Å². The third-order valence-corrected chi connectivity index (χ3v) is 5.63. The molecule has 4 heterocycles. The molecule has 0 saturated heterocycles. The van der Waals surface area contributed by atoms with Crippen LogP contribution >= 0.6 is 11.3 Å². The summed E-state index contributed by atoms with van der Waals surface area (Å²) in [5, 5.41) is 10.4. The molecule has 5 rings (SSSR count). The highest BCUT2D eigenvalue weighted by Gasteiger charge is 2.35. The molecule has 1 aromatic carbocycles. The van der Waals surface area contributed by atoms with Gasteiger partial charge in [-0.15, -0.1) is 21.5 Å². The summed E-state index contributed by atoms with van der Waals surface area (Å²) in [6.45, 7) is 1.38. The predicted molar refractivity (Wildman–Crippen MR) is 110 cm³/mol. The number of rotatable bonds is 4. The van der Waals surface area contributed by atoms with Crippen molar-refractivity contribution in [1.82, 2.24) is 24.6 Å². The summed E-state index contributed by atoms with van der Waals surface area (Å²) in [5.41, 5.74) is 1.75. The van der Waals surface area contributed by atoms with Crippen molar-refractivity contribution in [3.8, 4) is 17.0 Å². The molecule has 0 aliphatic carbocycles. The maximum atomic E-state index is 16.1. The molecule has 0 amide bonds. The van der Waals surface area contributed by atoms with Gasteiger partial charge in [-0.25, -0.2) is 13.8 Å². The summed E-state index contributed by atoms with van der Waals surface area (Å²) in [6.07, 6.45) is 3.21. The number of benzene rings is 1. The zero-order valence-electron chi connectivity index (χ0n) is 16.0. The minimum absolute atomic E-state index is 0.0244. The molecular formula is C21H15F2N5OS. The number of thiazole rings is 1. The van der Waals surface area contributed by atoms with Crippen molar-refractivity contribution in [1.29, 1.82) is 0 Å². The van der Waals surface area contributed by atoms with Gasteiger partial charge in [0.05, 0.1) is 30.0 Å². The van der Waals surface area contributed by atoms with Crippen molar-refractivity contribution >= 4 is 27.9 Å². The minimum Gasteiger partial charge on any atom is -0.495 e. The number of methoxy groups -OCH3 is 1. The summed E-state index contributed by atoms with van der Waals surface area (Å²) in [6, 6.07) is 8.17. The quantitative estimate of drug-likeness (QED) is 0.416. The van der Waals surface area contributed by atoms with Crippen LogP contribution in [0.3, 0.4) is 0 Å². The Morgan fingerprint density at radius 2 is 2.00 bits per heavy atom. The Kier molecular flexibility index (Phi) is 4.21. The van der Waals surface area contributed by atoms with Crippen molar-refractivity contribution in [3.63, 3.8) is 0 Å². The molecule has 9 heteroatoms. The average molecular weight is 423 g/mol. The normalized spacial score (nSPS) is 13.6. The van der Waals surface area contributed by atoms with E-state index in [1.165, 1.54) is 28.7 Å². The monoisotopic (exact) mass is 423 g/mol. The van der Waals surface area contributed by atoms with Gasteiger partial charge in [-0.3, -0.25) is 9.38 Å². The molecule has 1 unspecified atom stereocenters. The summed E-state index contributed by atoms with van der Waals surface area (Å²) in [4.78, 5) is 8.51. The van der Waals surface area contributed by atoms with Crippen LogP contribution in [-0.2, 0) is 5.67 Å². The van der Waals surface area contributed by atoms with Gasteiger partial charge in [-0.2, -0.15) is 0 Å². The third-order valence-electron chi connectivity index (χ3n) is 5.04. The van der Waals surface area contributed by atoms with Gasteiger partial charge >= 0.3 is 0 Å². The number of hydrogen-bond acceptors (Lipinski definition) is 6. The molecule has 0 fully saturated rings. The van der Waals surface area contributed by atoms with Crippen LogP contribution in [0.5, 0.6) is 5.75 Å². The lowest BCUT2D eigenvalue weighted by Crippen LogP contribution is -2.21. The number of pyridine rings is 2. The van der Waals surface area contributed by atoms with Gasteiger partial charge in [0.15, 0.2) is 23.0 Å². The van der Waals surface area contributed by atoms with E-state index in [0.29, 0.717) is 28.1 Å². The van der Waals surface area contributed by atoms with Crippen LogP contribution in [0.1, 0.15) is 18.3 Å². The molecule has 1 atom stereocenters. The number of alkyl halides is 1. The maximum absolute atomic E-state index is 16.1. The highest BCUT2D eigenvalue weighted by Crippen LogP contribution is 2.35. The van der Waals surface area contributed by atoms with Crippen molar-refractivity contribution in [2.75, 3.05) is 7.11 Å². The molecule has 5 aromatic rings. The fourth-order valence-electron chi connectivity index (χ4n) is 3.41. The van der Waals surface area contributed by atoms with E-state index in [9.17, 15) is 4.39 Å². The molecule has 0 radical (unpaired) electrons. The van der Waals surface area contributed by atoms with Crippen LogP contribution in [0.2, 0.25) is 0 Å². The number of ether oxygens (including phenoxy) is 1. The summed E-state index contributed by atoms with van der Waals surface area (Å²) >= 11 is 1.39.